The Morgan fingerprint density at radius 3 is 2.29 bits per heavy atom. The van der Waals surface area contributed by atoms with Crippen LogP contribution in [0.3, 0.4) is 0 Å². The molecule has 6 amide bonds. The summed E-state index contributed by atoms with van der Waals surface area (Å²) in [5, 5.41) is 22.4. The highest BCUT2D eigenvalue weighted by Gasteiger charge is 2.30. The predicted octanol–water partition coefficient (Wildman–Crippen LogP) is 1.46. The predicted molar refractivity (Wildman–Crippen MR) is 155 cm³/mol. The number of benzene rings is 1. The Balaban J connectivity index is 3.09. The van der Waals surface area contributed by atoms with Gasteiger partial charge in [-0.2, -0.15) is 0 Å². The number of nitrogens with two attached hydrogens (primary N) is 1. The van der Waals surface area contributed by atoms with Crippen LogP contribution in [-0.2, 0) is 32.3 Å². The number of amides is 6. The summed E-state index contributed by atoms with van der Waals surface area (Å²) in [6.07, 6.45) is 3.99. The number of terminal acetylenes is 1. The van der Waals surface area contributed by atoms with E-state index in [0.717, 1.165) is 0 Å². The van der Waals surface area contributed by atoms with Gasteiger partial charge in [0.05, 0.1) is 13.2 Å². The fraction of sp³-hybridized carbons (Fsp3) is 0.536. The summed E-state index contributed by atoms with van der Waals surface area (Å²) in [5.41, 5.74) is 5.53. The van der Waals surface area contributed by atoms with Gasteiger partial charge in [-0.15, -0.1) is 6.42 Å². The van der Waals surface area contributed by atoms with Crippen LogP contribution in [-0.4, -0.2) is 65.9 Å². The summed E-state index contributed by atoms with van der Waals surface area (Å²) in [6.45, 7) is 8.12. The Hall–Kier alpha value is -4.51. The van der Waals surface area contributed by atoms with E-state index in [-0.39, 0.29) is 38.6 Å². The average molecular weight is 591 g/mol. The summed E-state index contributed by atoms with van der Waals surface area (Å²) in [6, 6.07) is 1.81. The van der Waals surface area contributed by atoms with E-state index >= 15 is 0 Å². The molecule has 14 nitrogen and oxygen atoms in total. The lowest BCUT2D eigenvalue weighted by Crippen LogP contribution is -2.55. The van der Waals surface area contributed by atoms with Crippen molar-refractivity contribution >= 4 is 35.7 Å². The van der Waals surface area contributed by atoms with Gasteiger partial charge in [-0.25, -0.2) is 14.4 Å². The second kappa shape index (κ2) is 17.3. The van der Waals surface area contributed by atoms with Crippen LogP contribution in [0.1, 0.15) is 58.6 Å². The number of carbonyl (C=O) groups is 5. The number of primary amides is 1. The summed E-state index contributed by atoms with van der Waals surface area (Å²) in [5.74, 6) is 0.707. The highest BCUT2D eigenvalue weighted by molar-refractivity contribution is 5.98. The van der Waals surface area contributed by atoms with Gasteiger partial charge < -0.3 is 46.9 Å². The zero-order valence-corrected chi connectivity index (χ0v) is 24.7. The molecule has 0 aromatic heterocycles. The van der Waals surface area contributed by atoms with Crippen LogP contribution in [0.25, 0.3) is 0 Å². The van der Waals surface area contributed by atoms with E-state index in [4.69, 9.17) is 21.6 Å². The van der Waals surface area contributed by atoms with E-state index in [1.165, 1.54) is 6.07 Å². The van der Waals surface area contributed by atoms with Crippen molar-refractivity contribution < 1.29 is 38.6 Å². The van der Waals surface area contributed by atoms with Gasteiger partial charge in [0.1, 0.15) is 24.3 Å². The summed E-state index contributed by atoms with van der Waals surface area (Å²) in [7, 11) is 0. The Morgan fingerprint density at radius 2 is 1.71 bits per heavy atom. The van der Waals surface area contributed by atoms with Crippen molar-refractivity contribution in [1.29, 1.82) is 0 Å². The molecule has 1 aromatic carbocycles. The van der Waals surface area contributed by atoms with E-state index in [0.29, 0.717) is 23.2 Å². The molecule has 0 bridgehead atoms. The number of hydrogen-bond acceptors (Lipinski definition) is 8. The van der Waals surface area contributed by atoms with Crippen LogP contribution in [0, 0.1) is 18.3 Å². The first-order valence-electron chi connectivity index (χ1n) is 13.4. The minimum Gasteiger partial charge on any atom is -0.445 e. The minimum atomic E-state index is -1.07. The molecule has 0 aliphatic carbocycles. The van der Waals surface area contributed by atoms with Gasteiger partial charge in [0.15, 0.2) is 0 Å². The molecule has 0 saturated heterocycles. The van der Waals surface area contributed by atoms with E-state index in [9.17, 15) is 29.1 Å². The van der Waals surface area contributed by atoms with E-state index in [1.807, 2.05) is 0 Å². The molecule has 0 aliphatic rings. The Morgan fingerprint density at radius 1 is 1.02 bits per heavy atom. The number of nitrogens with one attached hydrogen (secondary N) is 5. The second-order valence-electron chi connectivity index (χ2n) is 10.6. The lowest BCUT2D eigenvalue weighted by molar-refractivity contribution is -0.128. The Kier molecular flexibility index (Phi) is 14.7. The number of alkyl carbamates (subject to hydrolysis) is 2. The maximum Gasteiger partial charge on any atom is 0.408 e. The standard InChI is InChI=1S/C28H42N6O8/c1-7-12-31-26(39)41-16-19-14-20(11-10-18(19)15-35)32-23(36)21(9-8-13-30-25(29)38)33-24(37)22(17(2)3)34-27(40)42-28(4,5)6/h1,10-11,14,17,21-22,35H,8-9,12-13,15-16H2,2-6H3,(H,31,39)(H,32,36)(H,33,37)(H,34,40)(H3,29,30,38). The zero-order valence-electron chi connectivity index (χ0n) is 24.7. The maximum absolute atomic E-state index is 13.3. The smallest absolute Gasteiger partial charge is 0.408 e. The number of carbonyl (C=O) groups excluding carboxylic acids is 5. The molecule has 0 saturated carbocycles. The quantitative estimate of drug-likeness (QED) is 0.124. The number of anilines is 1. The molecule has 0 spiro atoms. The highest BCUT2D eigenvalue weighted by Crippen LogP contribution is 2.18. The fourth-order valence-electron chi connectivity index (χ4n) is 3.56. The number of aliphatic hydroxyl groups is 1. The lowest BCUT2D eigenvalue weighted by Gasteiger charge is -2.27. The van der Waals surface area contributed by atoms with Gasteiger partial charge in [0, 0.05) is 12.2 Å². The van der Waals surface area contributed by atoms with Crippen molar-refractivity contribution in [2.75, 3.05) is 18.4 Å². The molecule has 42 heavy (non-hydrogen) atoms. The molecule has 0 fully saturated rings. The van der Waals surface area contributed by atoms with Gasteiger partial charge in [-0.3, -0.25) is 9.59 Å². The molecule has 0 heterocycles. The van der Waals surface area contributed by atoms with Gasteiger partial charge in [0.2, 0.25) is 11.8 Å². The Labute approximate surface area is 245 Å². The SMILES string of the molecule is C#CCNC(=O)OCc1cc(NC(=O)C(CCCNC(N)=O)NC(=O)C(NC(=O)OC(C)(C)C)C(C)C)ccc1CO. The molecule has 0 aliphatic heterocycles. The average Bonchev–Trinajstić information content (AvgIpc) is 2.89. The number of urea groups is 1. The first-order chi connectivity index (χ1) is 19.7. The summed E-state index contributed by atoms with van der Waals surface area (Å²) < 4.78 is 10.4. The van der Waals surface area contributed by atoms with E-state index in [1.54, 1.807) is 46.8 Å². The first kappa shape index (κ1) is 35.5. The van der Waals surface area contributed by atoms with Crippen molar-refractivity contribution in [2.24, 2.45) is 11.7 Å². The van der Waals surface area contributed by atoms with Crippen molar-refractivity contribution in [3.63, 3.8) is 0 Å². The molecule has 14 heteroatoms. The van der Waals surface area contributed by atoms with Crippen LogP contribution in [0.2, 0.25) is 0 Å². The van der Waals surface area contributed by atoms with Gasteiger partial charge >= 0.3 is 18.2 Å². The maximum atomic E-state index is 13.3. The third-order valence-electron chi connectivity index (χ3n) is 5.56. The third kappa shape index (κ3) is 13.7. The lowest BCUT2D eigenvalue weighted by atomic mass is 10.0. The molecule has 232 valence electrons. The number of aliphatic hydroxyl groups excluding tert-OH is 1. The molecule has 8 N–H and O–H groups in total. The van der Waals surface area contributed by atoms with Crippen molar-refractivity contribution in [2.45, 2.75) is 78.4 Å². The molecular weight excluding hydrogens is 548 g/mol. The van der Waals surface area contributed by atoms with Crippen molar-refractivity contribution in [3.8, 4) is 12.3 Å². The van der Waals surface area contributed by atoms with Gasteiger partial charge in [-0.1, -0.05) is 25.8 Å². The number of hydrogen-bond donors (Lipinski definition) is 7. The van der Waals surface area contributed by atoms with Crippen LogP contribution in [0.15, 0.2) is 18.2 Å². The second-order valence-corrected chi connectivity index (χ2v) is 10.6. The van der Waals surface area contributed by atoms with Crippen molar-refractivity contribution in [1.82, 2.24) is 21.3 Å². The van der Waals surface area contributed by atoms with Crippen LogP contribution in [0.4, 0.5) is 20.1 Å². The van der Waals surface area contributed by atoms with Gasteiger partial charge in [-0.05, 0) is 62.8 Å². The van der Waals surface area contributed by atoms with Gasteiger partial charge in [0.25, 0.3) is 0 Å². The van der Waals surface area contributed by atoms with E-state index in [2.05, 4.69) is 32.5 Å². The number of ether oxygens (including phenoxy) is 2. The minimum absolute atomic E-state index is 0.0190. The molecule has 1 rings (SSSR count). The Bertz CT molecular complexity index is 1140. The monoisotopic (exact) mass is 590 g/mol. The molecule has 1 aromatic rings. The van der Waals surface area contributed by atoms with E-state index < -0.39 is 47.7 Å². The van der Waals surface area contributed by atoms with Crippen LogP contribution >= 0.6 is 0 Å². The van der Waals surface area contributed by atoms with Crippen LogP contribution < -0.4 is 32.3 Å². The largest absolute Gasteiger partial charge is 0.445 e. The summed E-state index contributed by atoms with van der Waals surface area (Å²) >= 11 is 0. The fourth-order valence-corrected chi connectivity index (χ4v) is 3.56. The molecule has 2 atom stereocenters. The van der Waals surface area contributed by atoms with Crippen LogP contribution in [0.5, 0.6) is 0 Å². The normalized spacial score (nSPS) is 12.2. The molecule has 2 unspecified atom stereocenters. The molecule has 0 radical (unpaired) electrons. The molecular formula is C28H42N6O8. The summed E-state index contributed by atoms with van der Waals surface area (Å²) in [4.78, 5) is 61.7. The first-order valence-corrected chi connectivity index (χ1v) is 13.4. The zero-order chi connectivity index (χ0) is 31.9. The number of rotatable bonds is 14. The topological polar surface area (TPSA) is 210 Å². The van der Waals surface area contributed by atoms with Crippen molar-refractivity contribution in [3.05, 3.63) is 29.3 Å². The highest BCUT2D eigenvalue weighted by atomic mass is 16.6. The third-order valence-corrected chi connectivity index (χ3v) is 5.56.